The Morgan fingerprint density at radius 2 is 2.24 bits per heavy atom. The molecular formula is C18H21N5O2. The van der Waals surface area contributed by atoms with E-state index in [2.05, 4.69) is 23.1 Å². The summed E-state index contributed by atoms with van der Waals surface area (Å²) >= 11 is 0. The average molecular weight is 339 g/mol. The molecule has 4 rings (SSSR count). The number of aryl methyl sites for hydroxylation is 2. The van der Waals surface area contributed by atoms with E-state index in [9.17, 15) is 4.79 Å². The van der Waals surface area contributed by atoms with Crippen LogP contribution in [0, 0.1) is 13.8 Å². The van der Waals surface area contributed by atoms with Crippen LogP contribution in [0.2, 0.25) is 0 Å². The van der Waals surface area contributed by atoms with E-state index in [-0.39, 0.29) is 11.9 Å². The molecule has 7 heteroatoms. The molecule has 25 heavy (non-hydrogen) atoms. The second-order valence-corrected chi connectivity index (χ2v) is 6.57. The van der Waals surface area contributed by atoms with Gasteiger partial charge < -0.3 is 13.9 Å². The Kier molecular flexibility index (Phi) is 3.91. The number of carbonyl (C=O) groups is 1. The van der Waals surface area contributed by atoms with Crippen LogP contribution < -0.4 is 0 Å². The molecule has 0 radical (unpaired) electrons. The fourth-order valence-electron chi connectivity index (χ4n) is 3.44. The Labute approximate surface area is 145 Å². The van der Waals surface area contributed by atoms with Crippen molar-refractivity contribution in [2.24, 2.45) is 0 Å². The molecule has 0 unspecified atom stereocenters. The van der Waals surface area contributed by atoms with E-state index in [0.717, 1.165) is 30.1 Å². The molecule has 7 nitrogen and oxygen atoms in total. The predicted octanol–water partition coefficient (Wildman–Crippen LogP) is 2.42. The molecular weight excluding hydrogens is 318 g/mol. The van der Waals surface area contributed by atoms with Crippen molar-refractivity contribution in [3.8, 4) is 0 Å². The molecule has 1 aliphatic rings. The van der Waals surface area contributed by atoms with E-state index in [4.69, 9.17) is 4.42 Å². The number of imidazole rings is 1. The molecule has 1 amide bonds. The van der Waals surface area contributed by atoms with Crippen LogP contribution in [0.4, 0.5) is 0 Å². The van der Waals surface area contributed by atoms with Gasteiger partial charge >= 0.3 is 0 Å². The van der Waals surface area contributed by atoms with Crippen LogP contribution in [-0.4, -0.2) is 43.2 Å². The van der Waals surface area contributed by atoms with Gasteiger partial charge in [0.05, 0.1) is 24.6 Å². The largest absolute Gasteiger partial charge is 0.454 e. The number of carbonyl (C=O) groups excluding carboxylic acids is 1. The van der Waals surface area contributed by atoms with Crippen molar-refractivity contribution in [2.45, 2.75) is 32.9 Å². The van der Waals surface area contributed by atoms with Crippen LogP contribution >= 0.6 is 0 Å². The van der Waals surface area contributed by atoms with Crippen molar-refractivity contribution < 1.29 is 9.21 Å². The van der Waals surface area contributed by atoms with Crippen LogP contribution in [0.15, 0.2) is 41.3 Å². The van der Waals surface area contributed by atoms with Crippen LogP contribution in [0.3, 0.4) is 0 Å². The summed E-state index contributed by atoms with van der Waals surface area (Å²) < 4.78 is 9.68. The molecule has 1 fully saturated rings. The van der Waals surface area contributed by atoms with E-state index in [0.29, 0.717) is 18.8 Å². The SMILES string of the molecule is Cc1cc(C)n([C@H]2CCN(C(=O)c3ccc(Cn4ccnc4)o3)C2)n1. The van der Waals surface area contributed by atoms with Crippen LogP contribution in [0.25, 0.3) is 0 Å². The fraction of sp³-hybridized carbons (Fsp3) is 0.389. The number of aromatic nitrogens is 4. The summed E-state index contributed by atoms with van der Waals surface area (Å²) in [7, 11) is 0. The number of nitrogens with zero attached hydrogens (tertiary/aromatic N) is 5. The third kappa shape index (κ3) is 3.09. The van der Waals surface area contributed by atoms with Crippen LogP contribution in [0.1, 0.15) is 40.2 Å². The molecule has 0 bridgehead atoms. The fourth-order valence-corrected chi connectivity index (χ4v) is 3.44. The molecule has 3 aromatic heterocycles. The van der Waals surface area contributed by atoms with Gasteiger partial charge in [0.2, 0.25) is 0 Å². The number of hydrogen-bond donors (Lipinski definition) is 0. The minimum absolute atomic E-state index is 0.0547. The van der Waals surface area contributed by atoms with Gasteiger partial charge in [-0.1, -0.05) is 0 Å². The number of likely N-dealkylation sites (tertiary alicyclic amines) is 1. The zero-order valence-electron chi connectivity index (χ0n) is 14.4. The lowest BCUT2D eigenvalue weighted by atomic mass is 10.2. The second-order valence-electron chi connectivity index (χ2n) is 6.57. The summed E-state index contributed by atoms with van der Waals surface area (Å²) in [6.07, 6.45) is 6.22. The Morgan fingerprint density at radius 3 is 2.96 bits per heavy atom. The van der Waals surface area contributed by atoms with Gasteiger partial charge in [-0.25, -0.2) is 4.98 Å². The highest BCUT2D eigenvalue weighted by atomic mass is 16.4. The van der Waals surface area contributed by atoms with Gasteiger partial charge in [0.25, 0.3) is 5.91 Å². The number of amides is 1. The van der Waals surface area contributed by atoms with E-state index in [1.165, 1.54) is 0 Å². The van der Waals surface area contributed by atoms with Gasteiger partial charge in [-0.15, -0.1) is 0 Å². The summed E-state index contributed by atoms with van der Waals surface area (Å²) in [4.78, 5) is 18.6. The quantitative estimate of drug-likeness (QED) is 0.732. The molecule has 0 aromatic carbocycles. The lowest BCUT2D eigenvalue weighted by molar-refractivity contribution is 0.0753. The van der Waals surface area contributed by atoms with Crippen molar-refractivity contribution in [3.63, 3.8) is 0 Å². The molecule has 1 saturated heterocycles. The first-order valence-corrected chi connectivity index (χ1v) is 8.46. The van der Waals surface area contributed by atoms with Gasteiger partial charge in [-0.05, 0) is 38.5 Å². The summed E-state index contributed by atoms with van der Waals surface area (Å²) in [6, 6.07) is 5.91. The van der Waals surface area contributed by atoms with Crippen molar-refractivity contribution in [1.29, 1.82) is 0 Å². The van der Waals surface area contributed by atoms with Gasteiger partial charge in [-0.2, -0.15) is 5.10 Å². The van der Waals surface area contributed by atoms with Crippen molar-refractivity contribution >= 4 is 5.91 Å². The molecule has 4 heterocycles. The van der Waals surface area contributed by atoms with Gasteiger partial charge in [0, 0.05) is 31.2 Å². The van der Waals surface area contributed by atoms with Crippen molar-refractivity contribution in [1.82, 2.24) is 24.2 Å². The maximum Gasteiger partial charge on any atom is 0.289 e. The third-order valence-electron chi connectivity index (χ3n) is 4.61. The minimum Gasteiger partial charge on any atom is -0.454 e. The van der Waals surface area contributed by atoms with Gasteiger partial charge in [0.15, 0.2) is 5.76 Å². The minimum atomic E-state index is -0.0547. The number of hydrogen-bond acceptors (Lipinski definition) is 4. The maximum atomic E-state index is 12.7. The zero-order valence-corrected chi connectivity index (χ0v) is 14.4. The third-order valence-corrected chi connectivity index (χ3v) is 4.61. The van der Waals surface area contributed by atoms with E-state index >= 15 is 0 Å². The van der Waals surface area contributed by atoms with Gasteiger partial charge in [-0.3, -0.25) is 9.48 Å². The monoisotopic (exact) mass is 339 g/mol. The first kappa shape index (κ1) is 15.7. The molecule has 0 spiro atoms. The Hall–Kier alpha value is -2.83. The van der Waals surface area contributed by atoms with Crippen LogP contribution in [0.5, 0.6) is 0 Å². The molecule has 0 aliphatic carbocycles. The molecule has 0 N–H and O–H groups in total. The van der Waals surface area contributed by atoms with E-state index < -0.39 is 0 Å². The lowest BCUT2D eigenvalue weighted by Gasteiger charge is -2.16. The first-order valence-electron chi connectivity index (χ1n) is 8.46. The van der Waals surface area contributed by atoms with E-state index in [1.54, 1.807) is 18.6 Å². The summed E-state index contributed by atoms with van der Waals surface area (Å²) in [5.74, 6) is 1.08. The zero-order chi connectivity index (χ0) is 17.4. The average Bonchev–Trinajstić information content (AvgIpc) is 3.35. The molecule has 1 aliphatic heterocycles. The Morgan fingerprint density at radius 1 is 1.36 bits per heavy atom. The lowest BCUT2D eigenvalue weighted by Crippen LogP contribution is -2.29. The topological polar surface area (TPSA) is 69.1 Å². The van der Waals surface area contributed by atoms with Crippen LogP contribution in [-0.2, 0) is 6.54 Å². The number of rotatable bonds is 4. The number of furan rings is 1. The highest BCUT2D eigenvalue weighted by molar-refractivity contribution is 5.91. The van der Waals surface area contributed by atoms with E-state index in [1.807, 2.05) is 33.3 Å². The molecule has 3 aromatic rings. The molecule has 0 saturated carbocycles. The summed E-state index contributed by atoms with van der Waals surface area (Å²) in [6.45, 7) is 6.00. The first-order chi connectivity index (χ1) is 12.1. The molecule has 1 atom stereocenters. The Balaban J connectivity index is 1.43. The van der Waals surface area contributed by atoms with Crippen molar-refractivity contribution in [2.75, 3.05) is 13.1 Å². The predicted molar refractivity (Wildman–Crippen MR) is 91.3 cm³/mol. The normalized spacial score (nSPS) is 17.4. The second kappa shape index (κ2) is 6.23. The highest BCUT2D eigenvalue weighted by Crippen LogP contribution is 2.25. The maximum absolute atomic E-state index is 12.7. The summed E-state index contributed by atoms with van der Waals surface area (Å²) in [5.41, 5.74) is 2.15. The highest BCUT2D eigenvalue weighted by Gasteiger charge is 2.30. The Bertz CT molecular complexity index is 877. The van der Waals surface area contributed by atoms with Gasteiger partial charge in [0.1, 0.15) is 5.76 Å². The molecule has 130 valence electrons. The standard InChI is InChI=1S/C18H21N5O2/c1-13-9-14(2)23(20-13)15-5-7-22(10-15)18(24)17-4-3-16(25-17)11-21-8-6-19-12-21/h3-4,6,8-9,12,15H,5,7,10-11H2,1-2H3/t15-/m0/s1. The smallest absolute Gasteiger partial charge is 0.289 e. The summed E-state index contributed by atoms with van der Waals surface area (Å²) in [5, 5.41) is 4.55. The van der Waals surface area contributed by atoms with Crippen molar-refractivity contribution in [3.05, 3.63) is 59.8 Å².